The molecule has 0 radical (unpaired) electrons. The van der Waals surface area contributed by atoms with E-state index in [9.17, 15) is 0 Å². The molecule has 0 spiro atoms. The number of hydrogen-bond donors (Lipinski definition) is 1. The molecule has 0 aromatic rings. The van der Waals surface area contributed by atoms with Crippen molar-refractivity contribution in [3.8, 4) is 0 Å². The van der Waals surface area contributed by atoms with Crippen molar-refractivity contribution in [3.63, 3.8) is 0 Å². The third kappa shape index (κ3) is 3.14. The molecule has 0 aromatic heterocycles. The van der Waals surface area contributed by atoms with E-state index in [0.29, 0.717) is 11.5 Å². The van der Waals surface area contributed by atoms with Gasteiger partial charge in [0.2, 0.25) is 0 Å². The summed E-state index contributed by atoms with van der Waals surface area (Å²) >= 11 is 0. The zero-order chi connectivity index (χ0) is 9.99. The van der Waals surface area contributed by atoms with Gasteiger partial charge in [-0.05, 0) is 32.6 Å². The van der Waals surface area contributed by atoms with Gasteiger partial charge in [0.1, 0.15) is 0 Å². The van der Waals surface area contributed by atoms with Crippen LogP contribution in [0, 0.1) is 5.41 Å². The summed E-state index contributed by atoms with van der Waals surface area (Å²) in [7, 11) is 0. The summed E-state index contributed by atoms with van der Waals surface area (Å²) in [5.74, 6) is 0. The molecule has 0 amide bonds. The molecule has 0 aliphatic carbocycles. The lowest BCUT2D eigenvalue weighted by molar-refractivity contribution is 0.160. The highest BCUT2D eigenvalue weighted by Crippen LogP contribution is 2.29. The molecule has 1 nitrogen and oxygen atoms in total. The van der Waals surface area contributed by atoms with Crippen molar-refractivity contribution in [2.45, 2.75) is 66.5 Å². The van der Waals surface area contributed by atoms with Gasteiger partial charge in [-0.15, -0.1) is 0 Å². The first kappa shape index (κ1) is 12.0. The monoisotopic (exact) mass is 171 g/mol. The minimum Gasteiger partial charge on any atom is -0.309 e. The Morgan fingerprint density at radius 2 is 1.50 bits per heavy atom. The maximum Gasteiger partial charge on any atom is 0.0175 e. The van der Waals surface area contributed by atoms with Crippen LogP contribution in [0.1, 0.15) is 54.9 Å². The Kier molecular flexibility index (Phi) is 3.77. The van der Waals surface area contributed by atoms with Crippen LogP contribution in [-0.4, -0.2) is 11.6 Å². The summed E-state index contributed by atoms with van der Waals surface area (Å²) in [6, 6.07) is 0.610. The normalized spacial score (nSPS) is 16.2. The number of rotatable bonds is 3. The van der Waals surface area contributed by atoms with Crippen molar-refractivity contribution in [3.05, 3.63) is 0 Å². The molecule has 1 N–H and O–H groups in total. The van der Waals surface area contributed by atoms with Gasteiger partial charge < -0.3 is 5.32 Å². The maximum atomic E-state index is 3.65. The van der Waals surface area contributed by atoms with E-state index >= 15 is 0 Å². The molecule has 0 heterocycles. The molecule has 0 saturated heterocycles. The van der Waals surface area contributed by atoms with Gasteiger partial charge >= 0.3 is 0 Å². The van der Waals surface area contributed by atoms with Crippen LogP contribution in [0.25, 0.3) is 0 Å². The minimum atomic E-state index is 0.211. The second-order valence-corrected chi connectivity index (χ2v) is 5.33. The molecule has 74 valence electrons. The van der Waals surface area contributed by atoms with Crippen LogP contribution in [0.2, 0.25) is 0 Å². The predicted molar refractivity (Wildman–Crippen MR) is 56.4 cm³/mol. The molecule has 0 aliphatic rings. The molecule has 0 rings (SSSR count). The van der Waals surface area contributed by atoms with Crippen LogP contribution in [0.5, 0.6) is 0 Å². The Labute approximate surface area is 77.9 Å². The molecule has 0 aliphatic heterocycles. The third-order valence-corrected chi connectivity index (χ3v) is 3.09. The van der Waals surface area contributed by atoms with E-state index in [2.05, 4.69) is 53.8 Å². The molecule has 0 bridgehead atoms. The standard InChI is InChI=1S/C11H25N/c1-8-9(2)12-11(6,7)10(3,4)5/h9,12H,8H2,1-7H3. The van der Waals surface area contributed by atoms with E-state index in [1.807, 2.05) is 0 Å². The predicted octanol–water partition coefficient (Wildman–Crippen LogP) is 3.20. The molecule has 1 atom stereocenters. The molecular weight excluding hydrogens is 146 g/mol. The molecule has 0 fully saturated rings. The van der Waals surface area contributed by atoms with Gasteiger partial charge in [-0.25, -0.2) is 0 Å². The summed E-state index contributed by atoms with van der Waals surface area (Å²) < 4.78 is 0. The fraction of sp³-hybridized carbons (Fsp3) is 1.00. The zero-order valence-electron chi connectivity index (χ0n) is 9.78. The maximum absolute atomic E-state index is 3.65. The smallest absolute Gasteiger partial charge is 0.0175 e. The lowest BCUT2D eigenvalue weighted by Gasteiger charge is -2.41. The highest BCUT2D eigenvalue weighted by atomic mass is 15.0. The minimum absolute atomic E-state index is 0.211. The number of nitrogens with one attached hydrogen (secondary N) is 1. The van der Waals surface area contributed by atoms with E-state index in [1.54, 1.807) is 0 Å². The fourth-order valence-electron chi connectivity index (χ4n) is 0.935. The van der Waals surface area contributed by atoms with E-state index < -0.39 is 0 Å². The number of hydrogen-bond acceptors (Lipinski definition) is 1. The van der Waals surface area contributed by atoms with E-state index in [1.165, 1.54) is 6.42 Å². The third-order valence-electron chi connectivity index (χ3n) is 3.09. The van der Waals surface area contributed by atoms with Gasteiger partial charge in [-0.1, -0.05) is 27.7 Å². The van der Waals surface area contributed by atoms with Crippen LogP contribution >= 0.6 is 0 Å². The quantitative estimate of drug-likeness (QED) is 0.687. The SMILES string of the molecule is CCC(C)NC(C)(C)C(C)(C)C. The Hall–Kier alpha value is -0.0400. The Morgan fingerprint density at radius 1 is 1.08 bits per heavy atom. The van der Waals surface area contributed by atoms with Crippen molar-refractivity contribution in [2.75, 3.05) is 0 Å². The van der Waals surface area contributed by atoms with E-state index in [4.69, 9.17) is 0 Å². The summed E-state index contributed by atoms with van der Waals surface area (Å²) in [4.78, 5) is 0. The van der Waals surface area contributed by atoms with Gasteiger partial charge in [-0.3, -0.25) is 0 Å². The topological polar surface area (TPSA) is 12.0 Å². The van der Waals surface area contributed by atoms with Crippen LogP contribution in [-0.2, 0) is 0 Å². The summed E-state index contributed by atoms with van der Waals surface area (Å²) in [6.45, 7) is 15.9. The molecule has 12 heavy (non-hydrogen) atoms. The lowest BCUT2D eigenvalue weighted by atomic mass is 9.76. The van der Waals surface area contributed by atoms with Crippen LogP contribution in [0.4, 0.5) is 0 Å². The molecule has 0 saturated carbocycles. The molecule has 0 aromatic carbocycles. The van der Waals surface area contributed by atoms with Gasteiger partial charge in [0, 0.05) is 11.6 Å². The first-order chi connectivity index (χ1) is 5.20. The lowest BCUT2D eigenvalue weighted by Crippen LogP contribution is -2.53. The van der Waals surface area contributed by atoms with Crippen molar-refractivity contribution >= 4 is 0 Å². The molecule has 1 heteroatoms. The highest BCUT2D eigenvalue weighted by molar-refractivity contribution is 4.91. The van der Waals surface area contributed by atoms with Crippen molar-refractivity contribution in [2.24, 2.45) is 5.41 Å². The first-order valence-electron chi connectivity index (χ1n) is 4.98. The van der Waals surface area contributed by atoms with Gasteiger partial charge in [-0.2, -0.15) is 0 Å². The summed E-state index contributed by atoms with van der Waals surface area (Å²) in [5.41, 5.74) is 0.527. The Morgan fingerprint density at radius 3 is 1.75 bits per heavy atom. The van der Waals surface area contributed by atoms with Crippen molar-refractivity contribution in [1.29, 1.82) is 0 Å². The Balaban J connectivity index is 4.22. The average molecular weight is 171 g/mol. The van der Waals surface area contributed by atoms with Crippen LogP contribution in [0.15, 0.2) is 0 Å². The van der Waals surface area contributed by atoms with Crippen molar-refractivity contribution < 1.29 is 0 Å². The fourth-order valence-corrected chi connectivity index (χ4v) is 0.935. The van der Waals surface area contributed by atoms with Crippen molar-refractivity contribution in [1.82, 2.24) is 5.32 Å². The average Bonchev–Trinajstić information content (AvgIpc) is 1.84. The molecular formula is C11H25N. The molecule has 1 unspecified atom stereocenters. The zero-order valence-corrected chi connectivity index (χ0v) is 9.78. The second-order valence-electron chi connectivity index (χ2n) is 5.33. The summed E-state index contributed by atoms with van der Waals surface area (Å²) in [5, 5.41) is 3.65. The van der Waals surface area contributed by atoms with Crippen LogP contribution in [0.3, 0.4) is 0 Å². The first-order valence-corrected chi connectivity index (χ1v) is 4.98. The largest absolute Gasteiger partial charge is 0.309 e. The summed E-state index contributed by atoms with van der Waals surface area (Å²) in [6.07, 6.45) is 1.19. The van der Waals surface area contributed by atoms with E-state index in [0.717, 1.165) is 0 Å². The highest BCUT2D eigenvalue weighted by Gasteiger charge is 2.32. The van der Waals surface area contributed by atoms with Gasteiger partial charge in [0.05, 0.1) is 0 Å². The van der Waals surface area contributed by atoms with Gasteiger partial charge in [0.25, 0.3) is 0 Å². The van der Waals surface area contributed by atoms with E-state index in [-0.39, 0.29) is 5.54 Å². The van der Waals surface area contributed by atoms with Crippen LogP contribution < -0.4 is 5.32 Å². The Bertz CT molecular complexity index is 130. The second kappa shape index (κ2) is 3.78. The van der Waals surface area contributed by atoms with Gasteiger partial charge in [0.15, 0.2) is 0 Å².